The van der Waals surface area contributed by atoms with E-state index in [1.807, 2.05) is 6.07 Å². The van der Waals surface area contributed by atoms with Gasteiger partial charge in [-0.1, -0.05) is 24.4 Å². The Morgan fingerprint density at radius 1 is 1.18 bits per heavy atom. The molecule has 1 nitrogen and oxygen atoms in total. The second-order valence-corrected chi connectivity index (χ2v) is 5.08. The quantitative estimate of drug-likeness (QED) is 0.715. The number of hydrogen-bond acceptors (Lipinski definition) is 1. The summed E-state index contributed by atoms with van der Waals surface area (Å²) < 4.78 is 13.1. The Kier molecular flexibility index (Phi) is 2.75. The van der Waals surface area contributed by atoms with Crippen molar-refractivity contribution in [2.45, 2.75) is 31.6 Å². The SMILES string of the molecule is Fc1ccc2nc(C3CCCC3)cc(Cl)c2c1. The topological polar surface area (TPSA) is 12.9 Å². The number of halogens is 2. The molecule has 0 spiro atoms. The van der Waals surface area contributed by atoms with Crippen LogP contribution < -0.4 is 0 Å². The van der Waals surface area contributed by atoms with Crippen LogP contribution in [0.5, 0.6) is 0 Å². The predicted octanol–water partition coefficient (Wildman–Crippen LogP) is 4.68. The van der Waals surface area contributed by atoms with Crippen molar-refractivity contribution in [2.75, 3.05) is 0 Å². The van der Waals surface area contributed by atoms with E-state index in [0.29, 0.717) is 16.3 Å². The lowest BCUT2D eigenvalue weighted by Crippen LogP contribution is -1.97. The van der Waals surface area contributed by atoms with Gasteiger partial charge in [0.25, 0.3) is 0 Å². The van der Waals surface area contributed by atoms with Crippen LogP contribution in [-0.2, 0) is 0 Å². The smallest absolute Gasteiger partial charge is 0.124 e. The highest BCUT2D eigenvalue weighted by molar-refractivity contribution is 6.35. The first-order valence-electron chi connectivity index (χ1n) is 6.00. The minimum absolute atomic E-state index is 0.269. The van der Waals surface area contributed by atoms with Crippen molar-refractivity contribution in [1.82, 2.24) is 4.98 Å². The number of aromatic nitrogens is 1. The van der Waals surface area contributed by atoms with Gasteiger partial charge in [0.05, 0.1) is 10.5 Å². The molecule has 3 heteroatoms. The third-order valence-electron chi connectivity index (χ3n) is 3.51. The third-order valence-corrected chi connectivity index (χ3v) is 3.83. The molecule has 17 heavy (non-hydrogen) atoms. The molecular formula is C14H13ClFN. The van der Waals surface area contributed by atoms with Crippen LogP contribution in [0.25, 0.3) is 10.9 Å². The minimum atomic E-state index is -0.269. The molecule has 0 bridgehead atoms. The molecule has 0 atom stereocenters. The molecule has 0 saturated heterocycles. The molecule has 1 aliphatic rings. The Morgan fingerprint density at radius 3 is 2.71 bits per heavy atom. The summed E-state index contributed by atoms with van der Waals surface area (Å²) in [6.45, 7) is 0. The fourth-order valence-corrected chi connectivity index (χ4v) is 2.87. The van der Waals surface area contributed by atoms with Crippen LogP contribution in [0.15, 0.2) is 24.3 Å². The second kappa shape index (κ2) is 4.26. The van der Waals surface area contributed by atoms with Gasteiger partial charge in [0.15, 0.2) is 0 Å². The number of hydrogen-bond donors (Lipinski definition) is 0. The number of fused-ring (bicyclic) bond motifs is 1. The summed E-state index contributed by atoms with van der Waals surface area (Å²) in [5.41, 5.74) is 1.85. The highest BCUT2D eigenvalue weighted by Crippen LogP contribution is 2.35. The van der Waals surface area contributed by atoms with E-state index in [1.165, 1.54) is 37.8 Å². The monoisotopic (exact) mass is 249 g/mol. The first-order chi connectivity index (χ1) is 8.24. The van der Waals surface area contributed by atoms with Crippen molar-refractivity contribution in [3.05, 3.63) is 40.8 Å². The predicted molar refractivity (Wildman–Crippen MR) is 67.9 cm³/mol. The van der Waals surface area contributed by atoms with Crippen LogP contribution in [0.2, 0.25) is 5.02 Å². The molecule has 3 rings (SSSR count). The Labute approximate surface area is 105 Å². The molecule has 0 unspecified atom stereocenters. The Balaban J connectivity index is 2.13. The lowest BCUT2D eigenvalue weighted by atomic mass is 10.0. The van der Waals surface area contributed by atoms with E-state index >= 15 is 0 Å². The van der Waals surface area contributed by atoms with Crippen LogP contribution in [0.1, 0.15) is 37.3 Å². The van der Waals surface area contributed by atoms with Crippen LogP contribution in [0.4, 0.5) is 4.39 Å². The molecule has 1 fully saturated rings. The first kappa shape index (κ1) is 11.0. The zero-order valence-electron chi connectivity index (χ0n) is 9.42. The highest BCUT2D eigenvalue weighted by atomic mass is 35.5. The van der Waals surface area contributed by atoms with Crippen molar-refractivity contribution in [1.29, 1.82) is 0 Å². The summed E-state index contributed by atoms with van der Waals surface area (Å²) in [6, 6.07) is 6.49. The molecule has 0 N–H and O–H groups in total. The fraction of sp³-hybridized carbons (Fsp3) is 0.357. The Hall–Kier alpha value is -1.15. The van der Waals surface area contributed by atoms with Crippen molar-refractivity contribution in [3.63, 3.8) is 0 Å². The van der Waals surface area contributed by atoms with Gasteiger partial charge in [0, 0.05) is 17.0 Å². The van der Waals surface area contributed by atoms with Gasteiger partial charge in [-0.2, -0.15) is 0 Å². The minimum Gasteiger partial charge on any atom is -0.252 e. The molecule has 0 radical (unpaired) electrons. The molecule has 2 aromatic rings. The number of nitrogens with zero attached hydrogens (tertiary/aromatic N) is 1. The van der Waals surface area contributed by atoms with E-state index < -0.39 is 0 Å². The largest absolute Gasteiger partial charge is 0.252 e. The van der Waals surface area contributed by atoms with Crippen molar-refractivity contribution in [2.24, 2.45) is 0 Å². The lowest BCUT2D eigenvalue weighted by Gasteiger charge is -2.10. The van der Waals surface area contributed by atoms with E-state index in [0.717, 1.165) is 11.2 Å². The number of pyridine rings is 1. The number of benzene rings is 1. The summed E-state index contributed by atoms with van der Waals surface area (Å²) in [6.07, 6.45) is 4.92. The van der Waals surface area contributed by atoms with E-state index in [9.17, 15) is 4.39 Å². The van der Waals surface area contributed by atoms with Crippen LogP contribution in [-0.4, -0.2) is 4.98 Å². The van der Waals surface area contributed by atoms with E-state index in [-0.39, 0.29) is 5.82 Å². The lowest BCUT2D eigenvalue weighted by molar-refractivity contribution is 0.629. The van der Waals surface area contributed by atoms with Gasteiger partial charge in [-0.3, -0.25) is 4.98 Å². The standard InChI is InChI=1S/C14H13ClFN/c15-12-8-14(9-3-1-2-4-9)17-13-6-5-10(16)7-11(12)13/h5-9H,1-4H2. The van der Waals surface area contributed by atoms with Gasteiger partial charge >= 0.3 is 0 Å². The summed E-state index contributed by atoms with van der Waals surface area (Å²) >= 11 is 6.21. The van der Waals surface area contributed by atoms with Crippen LogP contribution >= 0.6 is 11.6 Å². The molecule has 0 aliphatic heterocycles. The van der Waals surface area contributed by atoms with Gasteiger partial charge in [0.2, 0.25) is 0 Å². The maximum Gasteiger partial charge on any atom is 0.124 e. The molecule has 1 aliphatic carbocycles. The Morgan fingerprint density at radius 2 is 1.94 bits per heavy atom. The molecular weight excluding hydrogens is 237 g/mol. The van der Waals surface area contributed by atoms with Crippen molar-refractivity contribution in [3.8, 4) is 0 Å². The average molecular weight is 250 g/mol. The molecule has 1 aromatic heterocycles. The van der Waals surface area contributed by atoms with Crippen molar-refractivity contribution < 1.29 is 4.39 Å². The summed E-state index contributed by atoms with van der Waals surface area (Å²) in [5.74, 6) is 0.261. The molecule has 88 valence electrons. The summed E-state index contributed by atoms with van der Waals surface area (Å²) in [4.78, 5) is 4.61. The number of rotatable bonds is 1. The normalized spacial score (nSPS) is 16.8. The summed E-state index contributed by atoms with van der Waals surface area (Å²) in [7, 11) is 0. The summed E-state index contributed by atoms with van der Waals surface area (Å²) in [5, 5.41) is 1.31. The van der Waals surface area contributed by atoms with E-state index in [4.69, 9.17) is 11.6 Å². The van der Waals surface area contributed by atoms with Crippen molar-refractivity contribution >= 4 is 22.5 Å². The highest BCUT2D eigenvalue weighted by Gasteiger charge is 2.19. The fourth-order valence-electron chi connectivity index (χ4n) is 2.61. The van der Waals surface area contributed by atoms with E-state index in [2.05, 4.69) is 4.98 Å². The first-order valence-corrected chi connectivity index (χ1v) is 6.37. The van der Waals surface area contributed by atoms with Crippen LogP contribution in [0.3, 0.4) is 0 Å². The van der Waals surface area contributed by atoms with Gasteiger partial charge in [-0.25, -0.2) is 4.39 Å². The zero-order chi connectivity index (χ0) is 11.8. The van der Waals surface area contributed by atoms with Crippen LogP contribution in [0, 0.1) is 5.82 Å². The maximum absolute atomic E-state index is 13.1. The molecule has 1 saturated carbocycles. The van der Waals surface area contributed by atoms with Gasteiger partial charge in [-0.15, -0.1) is 0 Å². The second-order valence-electron chi connectivity index (χ2n) is 4.67. The third kappa shape index (κ3) is 2.02. The maximum atomic E-state index is 13.1. The van der Waals surface area contributed by atoms with Gasteiger partial charge in [-0.05, 0) is 37.1 Å². The van der Waals surface area contributed by atoms with Gasteiger partial charge < -0.3 is 0 Å². The van der Waals surface area contributed by atoms with Gasteiger partial charge in [0.1, 0.15) is 5.82 Å². The van der Waals surface area contributed by atoms with E-state index in [1.54, 1.807) is 6.07 Å². The Bertz CT molecular complexity index is 561. The zero-order valence-corrected chi connectivity index (χ0v) is 10.2. The molecule has 0 amide bonds. The average Bonchev–Trinajstić information content (AvgIpc) is 2.83. The molecule has 1 heterocycles. The molecule has 1 aromatic carbocycles.